The molecule has 176 valence electrons. The molecule has 2 aromatic heterocycles. The van der Waals surface area contributed by atoms with Crippen LogP contribution in [0.5, 0.6) is 0 Å². The summed E-state index contributed by atoms with van der Waals surface area (Å²) in [6.07, 6.45) is 6.27. The van der Waals surface area contributed by atoms with Gasteiger partial charge in [0.15, 0.2) is 0 Å². The summed E-state index contributed by atoms with van der Waals surface area (Å²) in [7, 11) is 0. The molecule has 0 unspecified atom stereocenters. The van der Waals surface area contributed by atoms with Crippen molar-refractivity contribution in [3.05, 3.63) is 36.6 Å². The number of nitrogens with zero attached hydrogens (tertiary/aromatic N) is 6. The Bertz CT molecular complexity index is 1010. The molecule has 10 heteroatoms. The number of carbonyl (C=O) groups excluding carboxylic acids is 1. The van der Waals surface area contributed by atoms with Gasteiger partial charge >= 0.3 is 12.2 Å². The third kappa shape index (κ3) is 4.36. The third-order valence-corrected chi connectivity index (χ3v) is 7.15. The SMILES string of the molecule is CCOC(=O)N1CC2(CC[C@@H](N3CCN(c4cc(F)cnc4-c4cnc(F)nc4)CC3)C2)C1. The number of amides is 1. The maximum Gasteiger partial charge on any atom is 0.409 e. The fourth-order valence-electron chi connectivity index (χ4n) is 5.54. The van der Waals surface area contributed by atoms with Crippen LogP contribution in [0.3, 0.4) is 0 Å². The summed E-state index contributed by atoms with van der Waals surface area (Å²) >= 11 is 0. The number of pyridine rings is 1. The number of ether oxygens (including phenoxy) is 1. The lowest BCUT2D eigenvalue weighted by atomic mass is 9.78. The summed E-state index contributed by atoms with van der Waals surface area (Å²) in [5.74, 6) is -0.409. The van der Waals surface area contributed by atoms with Crippen molar-refractivity contribution in [3.63, 3.8) is 0 Å². The molecule has 2 saturated heterocycles. The van der Waals surface area contributed by atoms with Crippen molar-refractivity contribution in [2.75, 3.05) is 50.8 Å². The van der Waals surface area contributed by atoms with Gasteiger partial charge in [-0.2, -0.15) is 4.39 Å². The Morgan fingerprint density at radius 3 is 2.55 bits per heavy atom. The van der Waals surface area contributed by atoms with E-state index in [2.05, 4.69) is 24.8 Å². The predicted octanol–water partition coefficient (Wildman–Crippen LogP) is 2.95. The molecular formula is C23H28F2N6O2. The minimum Gasteiger partial charge on any atom is -0.450 e. The minimum atomic E-state index is -0.804. The second-order valence-electron chi connectivity index (χ2n) is 9.24. The monoisotopic (exact) mass is 458 g/mol. The molecule has 1 aliphatic carbocycles. The number of carbonyl (C=O) groups is 1. The van der Waals surface area contributed by atoms with Crippen LogP contribution in [-0.2, 0) is 4.74 Å². The molecule has 0 aromatic carbocycles. The van der Waals surface area contributed by atoms with Gasteiger partial charge < -0.3 is 14.5 Å². The first-order valence-electron chi connectivity index (χ1n) is 11.5. The highest BCUT2D eigenvalue weighted by Crippen LogP contribution is 2.47. The van der Waals surface area contributed by atoms with Crippen LogP contribution in [0.2, 0.25) is 0 Å². The van der Waals surface area contributed by atoms with Crippen molar-refractivity contribution in [1.29, 1.82) is 0 Å². The van der Waals surface area contributed by atoms with Gasteiger partial charge in [-0.25, -0.2) is 19.2 Å². The van der Waals surface area contributed by atoms with Gasteiger partial charge in [0.1, 0.15) is 5.82 Å². The first-order valence-corrected chi connectivity index (χ1v) is 11.5. The molecule has 8 nitrogen and oxygen atoms in total. The Balaban J connectivity index is 1.21. The largest absolute Gasteiger partial charge is 0.450 e. The highest BCUT2D eigenvalue weighted by molar-refractivity contribution is 5.74. The number of rotatable bonds is 4. The van der Waals surface area contributed by atoms with Gasteiger partial charge in [0.2, 0.25) is 0 Å². The zero-order valence-corrected chi connectivity index (χ0v) is 18.7. The van der Waals surface area contributed by atoms with Crippen LogP contribution in [0.4, 0.5) is 19.3 Å². The zero-order valence-electron chi connectivity index (χ0n) is 18.7. The maximum absolute atomic E-state index is 14.0. The van der Waals surface area contributed by atoms with Gasteiger partial charge in [0.25, 0.3) is 0 Å². The highest BCUT2D eigenvalue weighted by Gasteiger charge is 2.51. The van der Waals surface area contributed by atoms with E-state index in [1.54, 1.807) is 0 Å². The van der Waals surface area contributed by atoms with Gasteiger partial charge in [-0.05, 0) is 26.2 Å². The Morgan fingerprint density at radius 1 is 1.12 bits per heavy atom. The Labute approximate surface area is 191 Å². The molecule has 1 amide bonds. The first-order chi connectivity index (χ1) is 16.0. The van der Waals surface area contributed by atoms with Crippen molar-refractivity contribution < 1.29 is 18.3 Å². The fourth-order valence-corrected chi connectivity index (χ4v) is 5.54. The molecule has 4 heterocycles. The van der Waals surface area contributed by atoms with E-state index in [1.165, 1.54) is 18.5 Å². The van der Waals surface area contributed by atoms with Crippen LogP contribution in [0, 0.1) is 17.3 Å². The number of hydrogen-bond acceptors (Lipinski definition) is 7. The summed E-state index contributed by atoms with van der Waals surface area (Å²) in [5, 5.41) is 0. The number of hydrogen-bond donors (Lipinski definition) is 0. The molecular weight excluding hydrogens is 430 g/mol. The summed E-state index contributed by atoms with van der Waals surface area (Å²) in [6.45, 7) is 7.06. The second kappa shape index (κ2) is 8.81. The van der Waals surface area contributed by atoms with Crippen LogP contribution in [0.1, 0.15) is 26.2 Å². The minimum absolute atomic E-state index is 0.203. The Morgan fingerprint density at radius 2 is 1.85 bits per heavy atom. The molecule has 2 aromatic rings. The van der Waals surface area contributed by atoms with E-state index in [4.69, 9.17) is 4.74 Å². The molecule has 0 bridgehead atoms. The lowest BCUT2D eigenvalue weighted by molar-refractivity contribution is -0.00294. The highest BCUT2D eigenvalue weighted by atomic mass is 19.1. The van der Waals surface area contributed by atoms with E-state index in [1.807, 2.05) is 11.8 Å². The maximum atomic E-state index is 14.0. The molecule has 3 fully saturated rings. The van der Waals surface area contributed by atoms with Crippen LogP contribution >= 0.6 is 0 Å². The van der Waals surface area contributed by atoms with E-state index in [-0.39, 0.29) is 11.5 Å². The molecule has 1 atom stereocenters. The summed E-state index contributed by atoms with van der Waals surface area (Å²) < 4.78 is 32.3. The standard InChI is InChI=1S/C23H28F2N6O2/c1-2-33-22(32)31-14-23(15-31)4-3-18(10-23)29-5-7-30(8-6-29)19-9-17(24)13-26-20(19)16-11-27-21(25)28-12-16/h9,11-13,18H,2-8,10,14-15H2,1H3/t18-/m1/s1. The Hall–Kier alpha value is -2.88. The van der Waals surface area contributed by atoms with Gasteiger partial charge in [0, 0.05) is 74.7 Å². The van der Waals surface area contributed by atoms with Gasteiger partial charge in [-0.3, -0.25) is 9.88 Å². The second-order valence-corrected chi connectivity index (χ2v) is 9.24. The van der Waals surface area contributed by atoms with Crippen molar-refractivity contribution in [1.82, 2.24) is 24.8 Å². The predicted molar refractivity (Wildman–Crippen MR) is 118 cm³/mol. The lowest BCUT2D eigenvalue weighted by Crippen LogP contribution is -2.58. The smallest absolute Gasteiger partial charge is 0.409 e. The molecule has 1 saturated carbocycles. The van der Waals surface area contributed by atoms with Gasteiger partial charge in [0.05, 0.1) is 24.2 Å². The van der Waals surface area contributed by atoms with E-state index in [0.29, 0.717) is 29.6 Å². The average Bonchev–Trinajstić information content (AvgIpc) is 3.25. The number of aromatic nitrogens is 3. The normalized spacial score (nSPS) is 22.5. The number of likely N-dealkylation sites (tertiary alicyclic amines) is 1. The molecule has 33 heavy (non-hydrogen) atoms. The average molecular weight is 459 g/mol. The summed E-state index contributed by atoms with van der Waals surface area (Å²) in [6, 6.07) is 1.98. The van der Waals surface area contributed by atoms with Crippen molar-refractivity contribution in [3.8, 4) is 11.3 Å². The number of anilines is 1. The van der Waals surface area contributed by atoms with Crippen LogP contribution in [-0.4, -0.2) is 82.8 Å². The van der Waals surface area contributed by atoms with Gasteiger partial charge in [-0.15, -0.1) is 0 Å². The van der Waals surface area contributed by atoms with E-state index < -0.39 is 11.9 Å². The summed E-state index contributed by atoms with van der Waals surface area (Å²) in [5.41, 5.74) is 2.02. The molecule has 3 aliphatic rings. The molecule has 1 spiro atoms. The van der Waals surface area contributed by atoms with Gasteiger partial charge in [-0.1, -0.05) is 0 Å². The van der Waals surface area contributed by atoms with E-state index in [9.17, 15) is 13.6 Å². The van der Waals surface area contributed by atoms with E-state index >= 15 is 0 Å². The van der Waals surface area contributed by atoms with Crippen LogP contribution < -0.4 is 4.90 Å². The van der Waals surface area contributed by atoms with Crippen molar-refractivity contribution >= 4 is 11.8 Å². The molecule has 2 aliphatic heterocycles. The zero-order chi connectivity index (χ0) is 23.0. The van der Waals surface area contributed by atoms with Crippen LogP contribution in [0.25, 0.3) is 11.3 Å². The van der Waals surface area contributed by atoms with Crippen molar-refractivity contribution in [2.45, 2.75) is 32.2 Å². The third-order valence-electron chi connectivity index (χ3n) is 7.15. The first kappa shape index (κ1) is 21.9. The quantitative estimate of drug-likeness (QED) is 0.652. The topological polar surface area (TPSA) is 74.7 Å². The lowest BCUT2D eigenvalue weighted by Gasteiger charge is -2.48. The molecule has 0 radical (unpaired) electrons. The van der Waals surface area contributed by atoms with E-state index in [0.717, 1.165) is 64.7 Å². The fraction of sp³-hybridized carbons (Fsp3) is 0.565. The number of piperazine rings is 1. The van der Waals surface area contributed by atoms with Crippen LogP contribution in [0.15, 0.2) is 24.7 Å². The molecule has 5 rings (SSSR count). The Kier molecular flexibility index (Phi) is 5.86. The number of halogens is 2. The summed E-state index contributed by atoms with van der Waals surface area (Å²) in [4.78, 5) is 29.8. The van der Waals surface area contributed by atoms with Crippen molar-refractivity contribution in [2.24, 2.45) is 5.41 Å². The molecule has 0 N–H and O–H groups in total.